The molecule has 2 atom stereocenters. The number of carboxylic acid groups (broad SMARTS) is 1. The SMILES string of the molecule is C[C@H](N)C(=O)NCCCC(=O)[15NH][C@@H](C)C(=O)NCC(=O)O. The third-order valence-electron chi connectivity index (χ3n) is 2.48. The summed E-state index contributed by atoms with van der Waals surface area (Å²) < 4.78 is 0. The Labute approximate surface area is 122 Å². The van der Waals surface area contributed by atoms with Gasteiger partial charge in [0.2, 0.25) is 17.7 Å². The fourth-order valence-corrected chi connectivity index (χ4v) is 1.32. The van der Waals surface area contributed by atoms with E-state index in [0.29, 0.717) is 13.0 Å². The maximum Gasteiger partial charge on any atom is 0.322 e. The summed E-state index contributed by atoms with van der Waals surface area (Å²) in [6.45, 7) is 2.82. The molecule has 0 aromatic heterocycles. The molecule has 0 aliphatic carbocycles. The molecule has 9 nitrogen and oxygen atoms in total. The number of hydrogen-bond acceptors (Lipinski definition) is 5. The summed E-state index contributed by atoms with van der Waals surface area (Å²) >= 11 is 0. The van der Waals surface area contributed by atoms with Crippen LogP contribution in [0.1, 0.15) is 26.7 Å². The van der Waals surface area contributed by atoms with E-state index >= 15 is 0 Å². The number of hydrogen-bond donors (Lipinski definition) is 5. The van der Waals surface area contributed by atoms with Crippen molar-refractivity contribution in [2.75, 3.05) is 13.1 Å². The van der Waals surface area contributed by atoms with Gasteiger partial charge >= 0.3 is 5.97 Å². The lowest BCUT2D eigenvalue weighted by atomic mass is 10.2. The van der Waals surface area contributed by atoms with Crippen molar-refractivity contribution in [2.24, 2.45) is 5.73 Å². The maximum absolute atomic E-state index is 11.5. The molecule has 0 saturated heterocycles. The Morgan fingerprint density at radius 3 is 2.24 bits per heavy atom. The van der Waals surface area contributed by atoms with Crippen molar-refractivity contribution in [1.29, 1.82) is 0 Å². The Morgan fingerprint density at radius 2 is 1.71 bits per heavy atom. The lowest BCUT2D eigenvalue weighted by molar-refractivity contribution is -0.138. The van der Waals surface area contributed by atoms with E-state index in [1.807, 2.05) is 0 Å². The van der Waals surface area contributed by atoms with Crippen LogP contribution in [-0.4, -0.2) is 54.0 Å². The van der Waals surface area contributed by atoms with Crippen LogP contribution in [-0.2, 0) is 19.2 Å². The van der Waals surface area contributed by atoms with E-state index in [1.165, 1.54) is 6.92 Å². The van der Waals surface area contributed by atoms with E-state index in [1.54, 1.807) is 6.92 Å². The van der Waals surface area contributed by atoms with Crippen molar-refractivity contribution in [3.8, 4) is 0 Å². The molecule has 0 bridgehead atoms. The Morgan fingerprint density at radius 1 is 1.10 bits per heavy atom. The summed E-state index contributed by atoms with van der Waals surface area (Å²) in [5.74, 6) is -2.39. The summed E-state index contributed by atoms with van der Waals surface area (Å²) in [4.78, 5) is 44.4. The number of carbonyl (C=O) groups is 4. The summed E-state index contributed by atoms with van der Waals surface area (Å²) in [7, 11) is 0. The normalized spacial score (nSPS) is 12.9. The second-order valence-electron chi connectivity index (χ2n) is 4.58. The number of nitrogens with two attached hydrogens (primary N) is 1. The highest BCUT2D eigenvalue weighted by atomic mass is 16.4. The van der Waals surface area contributed by atoms with Gasteiger partial charge in [-0.25, -0.2) is 0 Å². The van der Waals surface area contributed by atoms with Crippen LogP contribution in [0.25, 0.3) is 0 Å². The molecule has 120 valence electrons. The zero-order chi connectivity index (χ0) is 16.4. The van der Waals surface area contributed by atoms with E-state index in [-0.39, 0.29) is 18.2 Å². The Bertz CT molecular complexity index is 397. The van der Waals surface area contributed by atoms with E-state index in [2.05, 4.69) is 16.0 Å². The topological polar surface area (TPSA) is 151 Å². The van der Waals surface area contributed by atoms with E-state index < -0.39 is 30.5 Å². The number of carbonyl (C=O) groups excluding carboxylic acids is 3. The van der Waals surface area contributed by atoms with Crippen LogP contribution >= 0.6 is 0 Å². The molecule has 0 fully saturated rings. The molecule has 0 spiro atoms. The molecule has 0 aliphatic heterocycles. The van der Waals surface area contributed by atoms with Crippen LogP contribution in [0.2, 0.25) is 0 Å². The van der Waals surface area contributed by atoms with Crippen LogP contribution in [0.15, 0.2) is 0 Å². The Balaban J connectivity index is 3.85. The van der Waals surface area contributed by atoms with Gasteiger partial charge in [0.15, 0.2) is 0 Å². The summed E-state index contributed by atoms with van der Waals surface area (Å²) in [5.41, 5.74) is 5.35. The minimum absolute atomic E-state index is 0.135. The fourth-order valence-electron chi connectivity index (χ4n) is 1.32. The van der Waals surface area contributed by atoms with Crippen LogP contribution in [0.3, 0.4) is 0 Å². The molecule has 0 aromatic rings. The lowest BCUT2D eigenvalue weighted by Crippen LogP contribution is -2.46. The van der Waals surface area contributed by atoms with Gasteiger partial charge in [0, 0.05) is 13.0 Å². The Hall–Kier alpha value is -2.16. The number of nitrogens with one attached hydrogen (secondary N) is 3. The first-order chi connectivity index (χ1) is 9.73. The molecule has 0 heterocycles. The highest BCUT2D eigenvalue weighted by Crippen LogP contribution is 1.91. The van der Waals surface area contributed by atoms with Gasteiger partial charge in [0.05, 0.1) is 6.04 Å². The monoisotopic (exact) mass is 303 g/mol. The molecule has 0 unspecified atom stereocenters. The maximum atomic E-state index is 11.5. The van der Waals surface area contributed by atoms with Crippen molar-refractivity contribution in [1.82, 2.24) is 16.0 Å². The first kappa shape index (κ1) is 18.8. The summed E-state index contributed by atoms with van der Waals surface area (Å²) in [5, 5.41) is 15.6. The van der Waals surface area contributed by atoms with Crippen molar-refractivity contribution >= 4 is 23.7 Å². The van der Waals surface area contributed by atoms with E-state index in [0.717, 1.165) is 0 Å². The van der Waals surface area contributed by atoms with Gasteiger partial charge in [-0.15, -0.1) is 0 Å². The van der Waals surface area contributed by atoms with E-state index in [9.17, 15) is 19.2 Å². The predicted molar refractivity (Wildman–Crippen MR) is 74.1 cm³/mol. The number of carboxylic acids is 1. The van der Waals surface area contributed by atoms with Gasteiger partial charge in [0.1, 0.15) is 12.6 Å². The first-order valence-corrected chi connectivity index (χ1v) is 6.56. The molecule has 0 radical (unpaired) electrons. The quantitative estimate of drug-likeness (QED) is 0.244. The third-order valence-corrected chi connectivity index (χ3v) is 2.48. The summed E-state index contributed by atoms with van der Waals surface area (Å²) in [6, 6.07) is -1.42. The van der Waals surface area contributed by atoms with E-state index in [4.69, 9.17) is 10.8 Å². The fraction of sp³-hybridized carbons (Fsp3) is 0.667. The van der Waals surface area contributed by atoms with Crippen molar-refractivity contribution in [3.05, 3.63) is 0 Å². The van der Waals surface area contributed by atoms with Crippen molar-refractivity contribution in [2.45, 2.75) is 38.8 Å². The van der Waals surface area contributed by atoms with Gasteiger partial charge < -0.3 is 26.8 Å². The number of aliphatic carboxylic acids is 1. The smallest absolute Gasteiger partial charge is 0.322 e. The third kappa shape index (κ3) is 9.38. The van der Waals surface area contributed by atoms with Gasteiger partial charge in [-0.2, -0.15) is 0 Å². The second-order valence-corrected chi connectivity index (χ2v) is 4.58. The lowest BCUT2D eigenvalue weighted by Gasteiger charge is -2.13. The Kier molecular flexibility index (Phi) is 8.70. The number of rotatable bonds is 9. The largest absolute Gasteiger partial charge is 0.480 e. The minimum atomic E-state index is -1.16. The zero-order valence-electron chi connectivity index (χ0n) is 12.1. The van der Waals surface area contributed by atoms with Crippen molar-refractivity contribution in [3.63, 3.8) is 0 Å². The van der Waals surface area contributed by atoms with Crippen LogP contribution in [0, 0.1) is 0 Å². The predicted octanol–water partition coefficient (Wildman–Crippen LogP) is -2.06. The number of amides is 3. The summed E-state index contributed by atoms with van der Waals surface area (Å²) in [6.07, 6.45) is 0.545. The molecule has 0 saturated carbocycles. The highest BCUT2D eigenvalue weighted by molar-refractivity contribution is 5.89. The minimum Gasteiger partial charge on any atom is -0.480 e. The van der Waals surface area contributed by atoms with Gasteiger partial charge in [-0.3, -0.25) is 19.2 Å². The molecule has 0 rings (SSSR count). The average molecular weight is 303 g/mol. The molecular weight excluding hydrogens is 281 g/mol. The molecule has 3 amide bonds. The standard InChI is InChI=1S/C12H22N4O5/c1-7(13)11(20)14-5-3-4-9(17)16-8(2)12(21)15-6-10(18)19/h7-8H,3-6,13H2,1-2H3,(H,14,20)(H,15,21)(H,16,17)(H,18,19)/t7-,8-/m0/s1/i16+1. The first-order valence-electron chi connectivity index (χ1n) is 6.56. The van der Waals surface area contributed by atoms with Gasteiger partial charge in [0.25, 0.3) is 0 Å². The zero-order valence-corrected chi connectivity index (χ0v) is 12.1. The van der Waals surface area contributed by atoms with Gasteiger partial charge in [-0.05, 0) is 20.3 Å². The highest BCUT2D eigenvalue weighted by Gasteiger charge is 2.15. The van der Waals surface area contributed by atoms with Crippen LogP contribution in [0.5, 0.6) is 0 Å². The van der Waals surface area contributed by atoms with Crippen LogP contribution in [0.4, 0.5) is 0 Å². The molecular formula is C12H22N4O5. The average Bonchev–Trinajstić information content (AvgIpc) is 2.40. The van der Waals surface area contributed by atoms with Gasteiger partial charge in [-0.1, -0.05) is 0 Å². The molecule has 0 aliphatic rings. The molecule has 9 heteroatoms. The molecule has 21 heavy (non-hydrogen) atoms. The van der Waals surface area contributed by atoms with Crippen molar-refractivity contribution < 1.29 is 24.3 Å². The van der Waals surface area contributed by atoms with Crippen LogP contribution < -0.4 is 21.7 Å². The molecule has 6 N–H and O–H groups in total. The molecule has 0 aromatic carbocycles. The second kappa shape index (κ2) is 9.70.